The van der Waals surface area contributed by atoms with Crippen molar-refractivity contribution in [2.24, 2.45) is 17.6 Å². The number of carbonyl (C=O) groups excluding carboxylic acids is 1. The van der Waals surface area contributed by atoms with Gasteiger partial charge in [-0.3, -0.25) is 4.79 Å². The predicted molar refractivity (Wildman–Crippen MR) is 107 cm³/mol. The molecule has 4 nitrogen and oxygen atoms in total. The van der Waals surface area contributed by atoms with E-state index in [9.17, 15) is 4.79 Å². The molecule has 1 aliphatic rings. The first-order valence-corrected chi connectivity index (χ1v) is 8.83. The van der Waals surface area contributed by atoms with Crippen molar-refractivity contribution < 1.29 is 4.79 Å². The van der Waals surface area contributed by atoms with E-state index in [1.807, 2.05) is 18.2 Å². The molecule has 5 heteroatoms. The average molecular weight is 337 g/mol. The summed E-state index contributed by atoms with van der Waals surface area (Å²) in [6.45, 7) is 14.9. The Morgan fingerprint density at radius 3 is 2.52 bits per heavy atom. The summed E-state index contributed by atoms with van der Waals surface area (Å²) in [5.74, 6) is 0.952. The van der Waals surface area contributed by atoms with Gasteiger partial charge in [0.05, 0.1) is 0 Å². The zero-order chi connectivity index (χ0) is 18.6. The predicted octanol–water partition coefficient (Wildman–Crippen LogP) is 2.62. The minimum Gasteiger partial charge on any atom is -0.371 e. The van der Waals surface area contributed by atoms with Crippen molar-refractivity contribution in [2.45, 2.75) is 33.1 Å². The van der Waals surface area contributed by atoms with Gasteiger partial charge in [0.25, 0.3) is 0 Å². The molecule has 0 unspecified atom stereocenters. The van der Waals surface area contributed by atoms with Crippen LogP contribution in [0.1, 0.15) is 38.7 Å². The summed E-state index contributed by atoms with van der Waals surface area (Å²) in [5, 5.41) is 3.29. The summed E-state index contributed by atoms with van der Waals surface area (Å²) in [5.41, 5.74) is 9.50. The van der Waals surface area contributed by atoms with Gasteiger partial charge in [0.15, 0.2) is 0 Å². The van der Waals surface area contributed by atoms with Crippen molar-refractivity contribution in [3.63, 3.8) is 0 Å². The maximum absolute atomic E-state index is 11.0. The third kappa shape index (κ3) is 5.41. The number of rotatable bonds is 7. The lowest BCUT2D eigenvalue weighted by Gasteiger charge is -2.38. The van der Waals surface area contributed by atoms with Crippen molar-refractivity contribution in [1.82, 2.24) is 4.90 Å². The molecule has 1 heterocycles. The first-order valence-electron chi connectivity index (χ1n) is 8.83. The maximum Gasteiger partial charge on any atom is 0.217 e. The van der Waals surface area contributed by atoms with Gasteiger partial charge in [-0.1, -0.05) is 44.6 Å². The van der Waals surface area contributed by atoms with Gasteiger partial charge in [-0.15, -0.1) is 0 Å². The number of piperidine rings is 1. The van der Waals surface area contributed by atoms with E-state index in [-0.39, 0.29) is 12.3 Å². The molecule has 0 aliphatic carbocycles. The van der Waals surface area contributed by atoms with E-state index in [4.69, 9.17) is 13.6 Å². The highest BCUT2D eigenvalue weighted by molar-refractivity contribution is 6.32. The fraction of sp³-hybridized carbons (Fsp3) is 0.450. The second-order valence-corrected chi connectivity index (χ2v) is 7.30. The highest BCUT2D eigenvalue weighted by Gasteiger charge is 2.24. The van der Waals surface area contributed by atoms with Crippen LogP contribution in [0.2, 0.25) is 0 Å². The van der Waals surface area contributed by atoms with Crippen molar-refractivity contribution in [1.29, 1.82) is 0 Å². The summed E-state index contributed by atoms with van der Waals surface area (Å²) in [4.78, 5) is 13.3. The smallest absolute Gasteiger partial charge is 0.217 e. The van der Waals surface area contributed by atoms with Crippen molar-refractivity contribution >= 4 is 30.6 Å². The number of nitrogens with one attached hydrogen (secondary N) is 1. The van der Waals surface area contributed by atoms with E-state index in [1.165, 1.54) is 6.42 Å². The molecule has 1 aromatic rings. The van der Waals surface area contributed by atoms with E-state index in [2.05, 4.69) is 37.2 Å². The molecular weight excluding hydrogens is 309 g/mol. The Kier molecular flexibility index (Phi) is 6.35. The van der Waals surface area contributed by atoms with E-state index in [1.54, 1.807) is 0 Å². The molecular formula is C20H28BN3O. The van der Waals surface area contributed by atoms with Gasteiger partial charge in [-0.05, 0) is 30.7 Å². The zero-order valence-electron chi connectivity index (χ0n) is 15.3. The fourth-order valence-electron chi connectivity index (χ4n) is 3.49. The number of benzene rings is 1. The summed E-state index contributed by atoms with van der Waals surface area (Å²) >= 11 is 0. The molecule has 2 rings (SSSR count). The first kappa shape index (κ1) is 19.2. The molecule has 0 saturated carbocycles. The largest absolute Gasteiger partial charge is 0.371 e. The summed E-state index contributed by atoms with van der Waals surface area (Å²) in [6.07, 6.45) is 2.03. The molecule has 2 atom stereocenters. The molecule has 1 amide bonds. The second kappa shape index (κ2) is 8.28. The summed E-state index contributed by atoms with van der Waals surface area (Å²) in [6, 6.07) is 5.72. The van der Waals surface area contributed by atoms with E-state index >= 15 is 0 Å². The number of nitrogens with two attached hydrogens (primary N) is 1. The second-order valence-electron chi connectivity index (χ2n) is 7.30. The summed E-state index contributed by atoms with van der Waals surface area (Å²) in [7, 11) is 6.01. The fourth-order valence-corrected chi connectivity index (χ4v) is 3.49. The minimum absolute atomic E-state index is 0.276. The van der Waals surface area contributed by atoms with Gasteiger partial charge in [-0.25, -0.2) is 0 Å². The number of anilines is 1. The number of hydrogen-bond donors (Lipinski definition) is 2. The quantitative estimate of drug-likeness (QED) is 0.752. The van der Waals surface area contributed by atoms with Crippen LogP contribution in [0.25, 0.3) is 5.70 Å². The lowest BCUT2D eigenvalue weighted by Crippen LogP contribution is -2.37. The number of carbonyl (C=O) groups is 1. The van der Waals surface area contributed by atoms with Gasteiger partial charge < -0.3 is 16.0 Å². The monoisotopic (exact) mass is 337 g/mol. The van der Waals surface area contributed by atoms with Crippen LogP contribution >= 0.6 is 0 Å². The topological polar surface area (TPSA) is 58.4 Å². The van der Waals surface area contributed by atoms with E-state index < -0.39 is 0 Å². The number of hydrogen-bond acceptors (Lipinski definition) is 3. The molecule has 1 saturated heterocycles. The summed E-state index contributed by atoms with van der Waals surface area (Å²) < 4.78 is 0. The SMILES string of the molecule is [B]c1ccc(NC(=C)CCC(N)=O)c(C(=C)N2C[C@H](C)C[C@H](C)C2)c1. The maximum atomic E-state index is 11.0. The molecule has 0 aromatic heterocycles. The Labute approximate surface area is 152 Å². The van der Waals surface area contributed by atoms with E-state index in [0.29, 0.717) is 23.7 Å². The zero-order valence-corrected chi connectivity index (χ0v) is 15.3. The van der Waals surface area contributed by atoms with Crippen LogP contribution in [-0.2, 0) is 4.79 Å². The van der Waals surface area contributed by atoms with Crippen LogP contribution in [0.15, 0.2) is 37.1 Å². The van der Waals surface area contributed by atoms with Crippen LogP contribution in [0, 0.1) is 11.8 Å². The Hall–Kier alpha value is -2.17. The van der Waals surface area contributed by atoms with Crippen molar-refractivity contribution in [3.05, 3.63) is 42.6 Å². The lowest BCUT2D eigenvalue weighted by atomic mass is 9.89. The minimum atomic E-state index is -0.332. The number of likely N-dealkylation sites (tertiary alicyclic amines) is 1. The Morgan fingerprint density at radius 1 is 1.28 bits per heavy atom. The highest BCUT2D eigenvalue weighted by Crippen LogP contribution is 2.31. The molecule has 3 N–H and O–H groups in total. The van der Waals surface area contributed by atoms with Crippen LogP contribution < -0.4 is 16.5 Å². The molecule has 2 radical (unpaired) electrons. The first-order chi connectivity index (χ1) is 11.8. The molecule has 1 aliphatic heterocycles. The van der Waals surface area contributed by atoms with Crippen LogP contribution in [0.5, 0.6) is 0 Å². The van der Waals surface area contributed by atoms with Crippen molar-refractivity contribution in [3.8, 4) is 0 Å². The van der Waals surface area contributed by atoms with Gasteiger partial charge in [0.2, 0.25) is 5.91 Å². The van der Waals surface area contributed by atoms with Gasteiger partial charge in [0.1, 0.15) is 7.85 Å². The normalized spacial score (nSPS) is 20.2. The van der Waals surface area contributed by atoms with Crippen molar-refractivity contribution in [2.75, 3.05) is 18.4 Å². The number of primary amides is 1. The number of nitrogens with zero attached hydrogens (tertiary/aromatic N) is 1. The number of allylic oxidation sites excluding steroid dienone is 1. The number of amides is 1. The highest BCUT2D eigenvalue weighted by atomic mass is 16.1. The molecule has 25 heavy (non-hydrogen) atoms. The Morgan fingerprint density at radius 2 is 1.92 bits per heavy atom. The third-order valence-electron chi connectivity index (χ3n) is 4.59. The van der Waals surface area contributed by atoms with Crippen LogP contribution in [0.3, 0.4) is 0 Å². The lowest BCUT2D eigenvalue weighted by molar-refractivity contribution is -0.117. The van der Waals surface area contributed by atoms with Crippen LogP contribution in [0.4, 0.5) is 5.69 Å². The van der Waals surface area contributed by atoms with Gasteiger partial charge in [-0.2, -0.15) is 0 Å². The molecule has 1 fully saturated rings. The van der Waals surface area contributed by atoms with Gasteiger partial charge in [0, 0.05) is 42.2 Å². The van der Waals surface area contributed by atoms with Crippen LogP contribution in [-0.4, -0.2) is 31.7 Å². The Bertz CT molecular complexity index is 661. The Balaban J connectivity index is 2.18. The molecule has 0 bridgehead atoms. The van der Waals surface area contributed by atoms with Gasteiger partial charge >= 0.3 is 0 Å². The standard InChI is InChI=1S/C20H28BN3O/c1-13-9-14(2)12-24(11-13)16(4)18-10-17(21)6-7-19(18)23-15(3)5-8-20(22)25/h6-7,10,13-14,23H,3-5,8-9,11-12H2,1-2H3,(H2,22,25)/t13-,14+. The molecule has 1 aromatic carbocycles. The average Bonchev–Trinajstić information content (AvgIpc) is 2.53. The molecule has 132 valence electrons. The van der Waals surface area contributed by atoms with E-state index in [0.717, 1.165) is 35.7 Å². The third-order valence-corrected chi connectivity index (χ3v) is 4.59. The molecule has 0 spiro atoms.